The van der Waals surface area contributed by atoms with Gasteiger partial charge in [-0.3, -0.25) is 9.78 Å². The monoisotopic (exact) mass is 421 g/mol. The fraction of sp³-hybridized carbons (Fsp3) is 0.133. The average molecular weight is 423 g/mol. The van der Waals surface area contributed by atoms with Crippen molar-refractivity contribution in [1.82, 2.24) is 15.6 Å². The zero-order valence-electron chi connectivity index (χ0n) is 12.0. The van der Waals surface area contributed by atoms with Gasteiger partial charge in [0, 0.05) is 28.5 Å². The number of hydrogen-bond acceptors (Lipinski definition) is 3. The lowest BCUT2D eigenvalue weighted by molar-refractivity contribution is 0.0934. The number of hydrogen-bond donors (Lipinski definition) is 2. The second-order valence-electron chi connectivity index (χ2n) is 4.67. The number of amides is 1. The maximum absolute atomic E-state index is 12.3. The van der Waals surface area contributed by atoms with Crippen molar-refractivity contribution >= 4 is 69.5 Å². The van der Waals surface area contributed by atoms with Crippen molar-refractivity contribution in [2.45, 2.75) is 9.96 Å². The molecule has 0 saturated heterocycles. The van der Waals surface area contributed by atoms with Crippen molar-refractivity contribution in [3.05, 3.63) is 64.9 Å². The van der Waals surface area contributed by atoms with Crippen molar-refractivity contribution < 1.29 is 4.79 Å². The average Bonchev–Trinajstić information content (AvgIpc) is 2.54. The molecule has 0 radical (unpaired) electrons. The number of alkyl halides is 3. The molecule has 0 aliphatic carbocycles. The highest BCUT2D eigenvalue weighted by atomic mass is 35.6. The molecule has 1 aromatic carbocycles. The molecular formula is C15H11Cl4N3OS. The lowest BCUT2D eigenvalue weighted by Crippen LogP contribution is -2.55. The number of carbonyl (C=O) groups is 1. The van der Waals surface area contributed by atoms with E-state index in [0.717, 1.165) is 0 Å². The van der Waals surface area contributed by atoms with Gasteiger partial charge in [0.05, 0.1) is 0 Å². The Hall–Kier alpha value is -1.11. The summed E-state index contributed by atoms with van der Waals surface area (Å²) >= 11 is 28.9. The van der Waals surface area contributed by atoms with E-state index in [9.17, 15) is 4.79 Å². The van der Waals surface area contributed by atoms with Crippen LogP contribution in [0.2, 0.25) is 5.02 Å². The van der Waals surface area contributed by atoms with Gasteiger partial charge in [0.25, 0.3) is 5.91 Å². The summed E-state index contributed by atoms with van der Waals surface area (Å²) in [7, 11) is 0. The molecule has 126 valence electrons. The molecule has 2 N–H and O–H groups in total. The first-order chi connectivity index (χ1) is 11.3. The second-order valence-corrected chi connectivity index (χ2v) is 7.88. The molecule has 2 aromatic rings. The van der Waals surface area contributed by atoms with E-state index in [2.05, 4.69) is 15.6 Å². The van der Waals surface area contributed by atoms with Gasteiger partial charge in [-0.15, -0.1) is 0 Å². The number of nitrogens with zero attached hydrogens (tertiary/aromatic N) is 1. The summed E-state index contributed by atoms with van der Waals surface area (Å²) in [6, 6.07) is 9.78. The number of rotatable bonds is 4. The molecule has 24 heavy (non-hydrogen) atoms. The Morgan fingerprint density at radius 1 is 1.08 bits per heavy atom. The van der Waals surface area contributed by atoms with Gasteiger partial charge in [-0.05, 0) is 36.4 Å². The van der Waals surface area contributed by atoms with Crippen LogP contribution in [0.15, 0.2) is 48.8 Å². The van der Waals surface area contributed by atoms with Gasteiger partial charge < -0.3 is 10.6 Å². The molecular weight excluding hydrogens is 412 g/mol. The smallest absolute Gasteiger partial charge is 0.252 e. The third kappa shape index (κ3) is 5.46. The van der Waals surface area contributed by atoms with E-state index in [0.29, 0.717) is 16.1 Å². The maximum Gasteiger partial charge on any atom is 0.252 e. The van der Waals surface area contributed by atoms with Gasteiger partial charge in [0.15, 0.2) is 0 Å². The number of pyridine rings is 1. The molecule has 0 spiro atoms. The minimum Gasteiger partial charge on any atom is -0.352 e. The van der Waals surface area contributed by atoms with Crippen LogP contribution in [0.1, 0.15) is 15.9 Å². The lowest BCUT2D eigenvalue weighted by atomic mass is 10.2. The van der Waals surface area contributed by atoms with Gasteiger partial charge in [-0.25, -0.2) is 0 Å². The Morgan fingerprint density at radius 2 is 1.75 bits per heavy atom. The zero-order chi connectivity index (χ0) is 17.7. The predicted molar refractivity (Wildman–Crippen MR) is 102 cm³/mol. The van der Waals surface area contributed by atoms with Crippen LogP contribution in [0.5, 0.6) is 0 Å². The predicted octanol–water partition coefficient (Wildman–Crippen LogP) is 4.13. The van der Waals surface area contributed by atoms with Crippen LogP contribution in [-0.4, -0.2) is 25.8 Å². The Bertz CT molecular complexity index is 720. The number of halogens is 4. The van der Waals surface area contributed by atoms with E-state index in [-0.39, 0.29) is 4.99 Å². The Labute approximate surface area is 164 Å². The molecule has 0 saturated carbocycles. The van der Waals surface area contributed by atoms with E-state index in [1.54, 1.807) is 48.8 Å². The minimum absolute atomic E-state index is 0.288. The van der Waals surface area contributed by atoms with E-state index < -0.39 is 15.9 Å². The number of carbonyl (C=O) groups excluding carboxylic acids is 1. The van der Waals surface area contributed by atoms with Crippen LogP contribution < -0.4 is 10.6 Å². The molecule has 9 heteroatoms. The Balaban J connectivity index is 2.13. The third-order valence-corrected chi connectivity index (χ3v) is 4.17. The van der Waals surface area contributed by atoms with E-state index in [1.165, 1.54) is 0 Å². The van der Waals surface area contributed by atoms with Crippen molar-refractivity contribution in [2.75, 3.05) is 0 Å². The van der Waals surface area contributed by atoms with Crippen LogP contribution in [0.25, 0.3) is 0 Å². The van der Waals surface area contributed by atoms with E-state index >= 15 is 0 Å². The first-order valence-corrected chi connectivity index (χ1v) is 8.53. The summed E-state index contributed by atoms with van der Waals surface area (Å²) in [5.74, 6) is -0.440. The van der Waals surface area contributed by atoms with Gasteiger partial charge >= 0.3 is 0 Å². The van der Waals surface area contributed by atoms with Crippen LogP contribution >= 0.6 is 58.6 Å². The second kappa shape index (κ2) is 8.32. The summed E-state index contributed by atoms with van der Waals surface area (Å²) in [6.07, 6.45) is 2.13. The van der Waals surface area contributed by atoms with Gasteiger partial charge in [0.1, 0.15) is 11.2 Å². The molecule has 1 aromatic heterocycles. The third-order valence-electron chi connectivity index (χ3n) is 2.91. The summed E-state index contributed by atoms with van der Waals surface area (Å²) in [5.41, 5.74) is 1.00. The molecule has 1 heterocycles. The van der Waals surface area contributed by atoms with Crippen molar-refractivity contribution in [2.24, 2.45) is 0 Å². The highest BCUT2D eigenvalue weighted by molar-refractivity contribution is 7.80. The van der Waals surface area contributed by atoms with Crippen LogP contribution in [-0.2, 0) is 0 Å². The molecule has 4 nitrogen and oxygen atoms in total. The van der Waals surface area contributed by atoms with Crippen LogP contribution in [0.3, 0.4) is 0 Å². The Morgan fingerprint density at radius 3 is 2.29 bits per heavy atom. The highest BCUT2D eigenvalue weighted by Crippen LogP contribution is 2.29. The van der Waals surface area contributed by atoms with Gasteiger partial charge in [-0.1, -0.05) is 58.6 Å². The summed E-state index contributed by atoms with van der Waals surface area (Å²) in [6.45, 7) is 0. The largest absolute Gasteiger partial charge is 0.352 e. The quantitative estimate of drug-likeness (QED) is 0.442. The SMILES string of the molecule is O=C(NC(NC(=S)c1cccnc1)C(Cl)(Cl)Cl)c1ccc(Cl)cc1. The van der Waals surface area contributed by atoms with E-state index in [4.69, 9.17) is 58.6 Å². The zero-order valence-corrected chi connectivity index (χ0v) is 15.8. The van der Waals surface area contributed by atoms with E-state index in [1.807, 2.05) is 0 Å². The fourth-order valence-electron chi connectivity index (χ4n) is 1.73. The first-order valence-electron chi connectivity index (χ1n) is 6.61. The number of aromatic nitrogens is 1. The van der Waals surface area contributed by atoms with Crippen molar-refractivity contribution in [3.63, 3.8) is 0 Å². The minimum atomic E-state index is -1.83. The fourth-order valence-corrected chi connectivity index (χ4v) is 2.42. The summed E-state index contributed by atoms with van der Waals surface area (Å²) < 4.78 is -1.83. The standard InChI is InChI=1S/C15H11Cl4N3OS/c16-11-5-3-9(4-6-11)12(23)21-14(15(17,18)19)22-13(24)10-2-1-7-20-8-10/h1-8,14H,(H,21,23)(H,22,24). The molecule has 1 unspecified atom stereocenters. The normalized spacial score (nSPS) is 12.3. The molecule has 0 bridgehead atoms. The molecule has 1 atom stereocenters. The lowest BCUT2D eigenvalue weighted by Gasteiger charge is -2.27. The molecule has 0 aliphatic heterocycles. The molecule has 0 aliphatic rings. The first kappa shape index (κ1) is 19.2. The Kier molecular flexibility index (Phi) is 6.66. The molecule has 2 rings (SSSR count). The van der Waals surface area contributed by atoms with Gasteiger partial charge in [0.2, 0.25) is 3.79 Å². The molecule has 0 fully saturated rings. The molecule has 1 amide bonds. The van der Waals surface area contributed by atoms with Crippen molar-refractivity contribution in [3.8, 4) is 0 Å². The van der Waals surface area contributed by atoms with Gasteiger partial charge in [-0.2, -0.15) is 0 Å². The maximum atomic E-state index is 12.3. The highest BCUT2D eigenvalue weighted by Gasteiger charge is 2.35. The number of thiocarbonyl (C=S) groups is 1. The van der Waals surface area contributed by atoms with Crippen LogP contribution in [0, 0.1) is 0 Å². The summed E-state index contributed by atoms with van der Waals surface area (Å²) in [5, 5.41) is 5.93. The number of nitrogens with one attached hydrogen (secondary N) is 2. The number of benzene rings is 1. The topological polar surface area (TPSA) is 54.0 Å². The van der Waals surface area contributed by atoms with Crippen LogP contribution in [0.4, 0.5) is 0 Å². The summed E-state index contributed by atoms with van der Waals surface area (Å²) in [4.78, 5) is 16.6. The van der Waals surface area contributed by atoms with Crippen molar-refractivity contribution in [1.29, 1.82) is 0 Å².